The molecule has 0 aliphatic carbocycles. The molecule has 2 aromatic rings. The van der Waals surface area contributed by atoms with Crippen molar-refractivity contribution in [1.82, 2.24) is 9.88 Å². The van der Waals surface area contributed by atoms with E-state index in [9.17, 15) is 14.7 Å². The quantitative estimate of drug-likeness (QED) is 0.499. The van der Waals surface area contributed by atoms with Gasteiger partial charge in [-0.15, -0.1) is 0 Å². The van der Waals surface area contributed by atoms with Crippen LogP contribution >= 0.6 is 0 Å². The van der Waals surface area contributed by atoms with E-state index in [1.165, 1.54) is 12.0 Å². The maximum Gasteiger partial charge on any atom is 0.295 e. The molecule has 1 aliphatic rings. The number of nitrogens with zero attached hydrogens (tertiary/aromatic N) is 2. The molecule has 1 saturated heterocycles. The third kappa shape index (κ3) is 3.30. The van der Waals surface area contributed by atoms with Crippen LogP contribution in [0, 0.1) is 6.92 Å². The highest BCUT2D eigenvalue weighted by Crippen LogP contribution is 2.40. The predicted molar refractivity (Wildman–Crippen MR) is 101 cm³/mol. The molecule has 0 saturated carbocycles. The molecule has 1 aromatic carbocycles. The number of pyridine rings is 1. The second-order valence-corrected chi connectivity index (χ2v) is 6.45. The number of amides is 1. The van der Waals surface area contributed by atoms with Crippen molar-refractivity contribution in [1.29, 1.82) is 0 Å². The van der Waals surface area contributed by atoms with Crippen LogP contribution in [0.4, 0.5) is 0 Å². The Balaban J connectivity index is 2.24. The van der Waals surface area contributed by atoms with Gasteiger partial charge >= 0.3 is 0 Å². The van der Waals surface area contributed by atoms with Crippen molar-refractivity contribution in [2.45, 2.75) is 26.3 Å². The number of aliphatic hydroxyl groups excluding tert-OH is 1. The van der Waals surface area contributed by atoms with Gasteiger partial charge in [-0.2, -0.15) is 0 Å². The van der Waals surface area contributed by atoms with Gasteiger partial charge in [0.2, 0.25) is 0 Å². The minimum Gasteiger partial charge on any atom is -0.507 e. The Morgan fingerprint density at radius 2 is 2.04 bits per heavy atom. The minimum absolute atomic E-state index is 0.0380. The molecule has 1 atom stereocenters. The Bertz CT molecular complexity index is 906. The summed E-state index contributed by atoms with van der Waals surface area (Å²) < 4.78 is 5.34. The molecule has 0 spiro atoms. The van der Waals surface area contributed by atoms with Crippen molar-refractivity contribution in [2.75, 3.05) is 13.7 Å². The third-order valence-electron chi connectivity index (χ3n) is 4.58. The van der Waals surface area contributed by atoms with Gasteiger partial charge in [-0.3, -0.25) is 14.6 Å². The molecule has 1 amide bonds. The Morgan fingerprint density at radius 3 is 2.67 bits per heavy atom. The molecule has 1 unspecified atom stereocenters. The summed E-state index contributed by atoms with van der Waals surface area (Å²) in [5.41, 5.74) is 1.86. The maximum atomic E-state index is 12.8. The van der Waals surface area contributed by atoms with Gasteiger partial charge in [0.05, 0.1) is 23.9 Å². The van der Waals surface area contributed by atoms with Crippen LogP contribution in [-0.2, 0) is 9.59 Å². The van der Waals surface area contributed by atoms with Gasteiger partial charge in [0.25, 0.3) is 11.7 Å². The first-order valence-electron chi connectivity index (χ1n) is 8.84. The summed E-state index contributed by atoms with van der Waals surface area (Å²) in [5.74, 6) is -1.15. The molecule has 1 aliphatic heterocycles. The SMILES string of the molecule is CCCN1C(=O)C(=O)/C(=C(/O)c2cc(C)ccc2OC)C1c1ccccn1. The van der Waals surface area contributed by atoms with Crippen LogP contribution in [0.3, 0.4) is 0 Å². The second-order valence-electron chi connectivity index (χ2n) is 6.45. The van der Waals surface area contributed by atoms with E-state index in [1.807, 2.05) is 19.9 Å². The smallest absolute Gasteiger partial charge is 0.295 e. The maximum absolute atomic E-state index is 12.8. The summed E-state index contributed by atoms with van der Waals surface area (Å²) in [7, 11) is 1.49. The Hall–Kier alpha value is -3.15. The number of carbonyl (C=O) groups excluding carboxylic acids is 2. The summed E-state index contributed by atoms with van der Waals surface area (Å²) in [6.07, 6.45) is 2.29. The molecule has 27 heavy (non-hydrogen) atoms. The number of aromatic nitrogens is 1. The molecule has 1 N–H and O–H groups in total. The average molecular weight is 366 g/mol. The predicted octanol–water partition coefficient (Wildman–Crippen LogP) is 3.23. The van der Waals surface area contributed by atoms with Gasteiger partial charge in [-0.05, 0) is 37.6 Å². The third-order valence-corrected chi connectivity index (χ3v) is 4.58. The summed E-state index contributed by atoms with van der Waals surface area (Å²) in [6, 6.07) is 9.89. The highest BCUT2D eigenvalue weighted by atomic mass is 16.5. The number of hydrogen-bond donors (Lipinski definition) is 1. The first kappa shape index (κ1) is 18.6. The number of Topliss-reactive ketones (excluding diaryl/α,β-unsaturated/α-hetero) is 1. The number of aliphatic hydroxyl groups is 1. The average Bonchev–Trinajstić information content (AvgIpc) is 2.93. The normalized spacial score (nSPS) is 18.8. The zero-order valence-corrected chi connectivity index (χ0v) is 15.6. The van der Waals surface area contributed by atoms with Crippen molar-refractivity contribution >= 4 is 17.4 Å². The van der Waals surface area contributed by atoms with Crippen LogP contribution < -0.4 is 4.74 Å². The number of hydrogen-bond acceptors (Lipinski definition) is 5. The van der Waals surface area contributed by atoms with Crippen LogP contribution in [0.1, 0.15) is 36.2 Å². The summed E-state index contributed by atoms with van der Waals surface area (Å²) in [4.78, 5) is 31.2. The standard InChI is InChI=1S/C21H22N2O4/c1-4-11-23-18(15-7-5-6-10-22-15)17(20(25)21(23)26)19(24)14-12-13(2)8-9-16(14)27-3/h5-10,12,18,24H,4,11H2,1-3H3/b19-17+. The Labute approximate surface area is 158 Å². The molecule has 3 rings (SSSR count). The van der Waals surface area contributed by atoms with E-state index in [4.69, 9.17) is 4.74 Å². The number of ketones is 1. The lowest BCUT2D eigenvalue weighted by atomic mass is 9.97. The Morgan fingerprint density at radius 1 is 1.26 bits per heavy atom. The number of rotatable bonds is 5. The summed E-state index contributed by atoms with van der Waals surface area (Å²) in [5, 5.41) is 11.0. The van der Waals surface area contributed by atoms with Crippen molar-refractivity contribution < 1.29 is 19.4 Å². The van der Waals surface area contributed by atoms with Crippen LogP contribution in [0.25, 0.3) is 5.76 Å². The fourth-order valence-corrected chi connectivity index (χ4v) is 3.35. The van der Waals surface area contributed by atoms with Gasteiger partial charge in [-0.25, -0.2) is 0 Å². The first-order valence-corrected chi connectivity index (χ1v) is 8.84. The zero-order chi connectivity index (χ0) is 19.6. The number of aryl methyl sites for hydroxylation is 1. The lowest BCUT2D eigenvalue weighted by Gasteiger charge is -2.24. The molecule has 6 heteroatoms. The Kier molecular flexibility index (Phi) is 5.26. The van der Waals surface area contributed by atoms with Gasteiger partial charge in [0, 0.05) is 12.7 Å². The molecule has 0 radical (unpaired) electrons. The largest absolute Gasteiger partial charge is 0.507 e. The van der Waals surface area contributed by atoms with E-state index < -0.39 is 17.7 Å². The van der Waals surface area contributed by atoms with Crippen LogP contribution in [0.5, 0.6) is 5.75 Å². The van der Waals surface area contributed by atoms with E-state index in [1.54, 1.807) is 36.5 Å². The van der Waals surface area contributed by atoms with E-state index >= 15 is 0 Å². The molecule has 2 heterocycles. The van der Waals surface area contributed by atoms with Gasteiger partial charge in [0.1, 0.15) is 17.6 Å². The monoisotopic (exact) mass is 366 g/mol. The highest BCUT2D eigenvalue weighted by molar-refractivity contribution is 6.46. The zero-order valence-electron chi connectivity index (χ0n) is 15.6. The fourth-order valence-electron chi connectivity index (χ4n) is 3.35. The van der Waals surface area contributed by atoms with Crippen molar-refractivity contribution in [3.05, 3.63) is 65.0 Å². The minimum atomic E-state index is -0.726. The van der Waals surface area contributed by atoms with Gasteiger partial charge < -0.3 is 14.7 Å². The van der Waals surface area contributed by atoms with Gasteiger partial charge in [-0.1, -0.05) is 24.6 Å². The number of likely N-dealkylation sites (tertiary alicyclic amines) is 1. The van der Waals surface area contributed by atoms with Gasteiger partial charge in [0.15, 0.2) is 0 Å². The number of methoxy groups -OCH3 is 1. The summed E-state index contributed by atoms with van der Waals surface area (Å²) >= 11 is 0. The van der Waals surface area contributed by atoms with E-state index in [0.29, 0.717) is 30.0 Å². The second kappa shape index (κ2) is 7.61. The molecule has 1 aromatic heterocycles. The van der Waals surface area contributed by atoms with Crippen LogP contribution in [-0.4, -0.2) is 40.3 Å². The highest BCUT2D eigenvalue weighted by Gasteiger charge is 2.46. The van der Waals surface area contributed by atoms with E-state index in [-0.39, 0.29) is 11.3 Å². The van der Waals surface area contributed by atoms with Crippen molar-refractivity contribution in [2.24, 2.45) is 0 Å². The van der Waals surface area contributed by atoms with Crippen LogP contribution in [0.15, 0.2) is 48.2 Å². The molecule has 140 valence electrons. The molecular formula is C21H22N2O4. The van der Waals surface area contributed by atoms with E-state index in [0.717, 1.165) is 5.56 Å². The molecule has 1 fully saturated rings. The first-order chi connectivity index (χ1) is 13.0. The van der Waals surface area contributed by atoms with Crippen LogP contribution in [0.2, 0.25) is 0 Å². The lowest BCUT2D eigenvalue weighted by molar-refractivity contribution is -0.139. The fraction of sp³-hybridized carbons (Fsp3) is 0.286. The number of ether oxygens (including phenoxy) is 1. The molecule has 6 nitrogen and oxygen atoms in total. The van der Waals surface area contributed by atoms with Crippen molar-refractivity contribution in [3.8, 4) is 5.75 Å². The molecule has 0 bridgehead atoms. The lowest BCUT2D eigenvalue weighted by Crippen LogP contribution is -2.30. The molecular weight excluding hydrogens is 344 g/mol. The van der Waals surface area contributed by atoms with E-state index in [2.05, 4.69) is 4.98 Å². The topological polar surface area (TPSA) is 79.7 Å². The summed E-state index contributed by atoms with van der Waals surface area (Å²) in [6.45, 7) is 4.20. The van der Waals surface area contributed by atoms with Crippen molar-refractivity contribution in [3.63, 3.8) is 0 Å². The number of carbonyl (C=O) groups is 2. The number of benzene rings is 1.